The number of morpholine rings is 1. The average molecular weight is 355 g/mol. The van der Waals surface area contributed by atoms with Gasteiger partial charge in [-0.2, -0.15) is 0 Å². The summed E-state index contributed by atoms with van der Waals surface area (Å²) < 4.78 is 7.08. The Kier molecular flexibility index (Phi) is 4.87. The Morgan fingerprint density at radius 2 is 2.26 bits per heavy atom. The molecule has 1 fully saturated rings. The number of anilines is 1. The predicted molar refractivity (Wildman–Crippen MR) is 89.6 cm³/mol. The normalized spacial score (nSPS) is 18.0. The number of halogens is 2. The van der Waals surface area contributed by atoms with Gasteiger partial charge >= 0.3 is 0 Å². The van der Waals surface area contributed by atoms with Crippen LogP contribution in [-0.2, 0) is 9.53 Å². The molecule has 0 spiro atoms. The van der Waals surface area contributed by atoms with Crippen LogP contribution in [0.1, 0.15) is 5.69 Å². The van der Waals surface area contributed by atoms with Gasteiger partial charge in [0.15, 0.2) is 5.82 Å². The third-order valence-electron chi connectivity index (χ3n) is 3.50. The van der Waals surface area contributed by atoms with Crippen molar-refractivity contribution in [3.8, 4) is 5.69 Å². The number of carbonyl (C=O) groups excluding carboxylic acids is 1. The zero-order valence-electron chi connectivity index (χ0n) is 12.5. The number of amides is 1. The van der Waals surface area contributed by atoms with Gasteiger partial charge in [0, 0.05) is 29.9 Å². The van der Waals surface area contributed by atoms with Gasteiger partial charge < -0.3 is 15.4 Å². The largest absolute Gasteiger partial charge is 0.366 e. The standard InChI is InChI=1S/C15H16Cl2N4O2/c1-9-6-14(19-15(22)13-8-18-4-5-23-13)20-21(9)12-3-2-10(16)7-11(12)17/h2-3,6-7,13,18H,4-5,8H2,1H3,(H,19,20,22)/t13-/m0/s1. The summed E-state index contributed by atoms with van der Waals surface area (Å²) in [5, 5.41) is 11.3. The number of benzene rings is 1. The Labute approximate surface area is 143 Å². The van der Waals surface area contributed by atoms with Gasteiger partial charge in [0.1, 0.15) is 6.10 Å². The molecule has 0 bridgehead atoms. The Hall–Kier alpha value is -1.60. The van der Waals surface area contributed by atoms with Crippen molar-refractivity contribution in [2.75, 3.05) is 25.0 Å². The van der Waals surface area contributed by atoms with E-state index < -0.39 is 6.10 Å². The highest BCUT2D eigenvalue weighted by Crippen LogP contribution is 2.26. The molecule has 1 aromatic heterocycles. The van der Waals surface area contributed by atoms with Crippen molar-refractivity contribution in [2.45, 2.75) is 13.0 Å². The maximum Gasteiger partial charge on any atom is 0.256 e. The van der Waals surface area contributed by atoms with Crippen LogP contribution in [-0.4, -0.2) is 41.5 Å². The first kappa shape index (κ1) is 16.3. The molecule has 0 radical (unpaired) electrons. The summed E-state index contributed by atoms with van der Waals surface area (Å²) >= 11 is 12.1. The van der Waals surface area contributed by atoms with Crippen molar-refractivity contribution in [1.82, 2.24) is 15.1 Å². The van der Waals surface area contributed by atoms with E-state index in [2.05, 4.69) is 15.7 Å². The summed E-state index contributed by atoms with van der Waals surface area (Å²) in [6.07, 6.45) is -0.506. The summed E-state index contributed by atoms with van der Waals surface area (Å²) in [4.78, 5) is 12.2. The van der Waals surface area contributed by atoms with E-state index in [0.29, 0.717) is 34.7 Å². The summed E-state index contributed by atoms with van der Waals surface area (Å²) in [5.41, 5.74) is 1.54. The fourth-order valence-electron chi connectivity index (χ4n) is 2.37. The van der Waals surface area contributed by atoms with Gasteiger partial charge in [0.2, 0.25) is 0 Å². The van der Waals surface area contributed by atoms with E-state index in [1.807, 2.05) is 6.92 Å². The van der Waals surface area contributed by atoms with E-state index >= 15 is 0 Å². The van der Waals surface area contributed by atoms with Crippen LogP contribution in [0, 0.1) is 6.92 Å². The zero-order chi connectivity index (χ0) is 16.4. The van der Waals surface area contributed by atoms with E-state index in [1.54, 1.807) is 28.9 Å². The minimum absolute atomic E-state index is 0.218. The second-order valence-corrected chi connectivity index (χ2v) is 6.07. The minimum atomic E-state index is -0.506. The molecule has 0 aliphatic carbocycles. The molecule has 3 rings (SSSR count). The van der Waals surface area contributed by atoms with Crippen LogP contribution in [0.15, 0.2) is 24.3 Å². The molecule has 1 saturated heterocycles. The summed E-state index contributed by atoms with van der Waals surface area (Å²) in [6.45, 7) is 3.65. The van der Waals surface area contributed by atoms with Crippen molar-refractivity contribution < 1.29 is 9.53 Å². The highest BCUT2D eigenvalue weighted by molar-refractivity contribution is 6.35. The SMILES string of the molecule is Cc1cc(NC(=O)[C@@H]2CNCCO2)nn1-c1ccc(Cl)cc1Cl. The number of aryl methyl sites for hydroxylation is 1. The molecular weight excluding hydrogens is 339 g/mol. The van der Waals surface area contributed by atoms with Gasteiger partial charge in [0.05, 0.1) is 17.3 Å². The number of rotatable bonds is 3. The van der Waals surface area contributed by atoms with Gasteiger partial charge in [-0.05, 0) is 25.1 Å². The van der Waals surface area contributed by atoms with Crippen molar-refractivity contribution in [3.63, 3.8) is 0 Å². The Morgan fingerprint density at radius 1 is 1.43 bits per heavy atom. The molecule has 23 heavy (non-hydrogen) atoms. The van der Waals surface area contributed by atoms with Gasteiger partial charge in [0.25, 0.3) is 5.91 Å². The first-order chi connectivity index (χ1) is 11.0. The smallest absolute Gasteiger partial charge is 0.256 e. The number of carbonyl (C=O) groups is 1. The van der Waals surface area contributed by atoms with Gasteiger partial charge in [-0.25, -0.2) is 4.68 Å². The van der Waals surface area contributed by atoms with Crippen LogP contribution in [0.3, 0.4) is 0 Å². The Balaban J connectivity index is 1.79. The quantitative estimate of drug-likeness (QED) is 0.887. The van der Waals surface area contributed by atoms with Gasteiger partial charge in [-0.15, -0.1) is 5.10 Å². The predicted octanol–water partition coefficient (Wildman–Crippen LogP) is 2.41. The number of nitrogens with one attached hydrogen (secondary N) is 2. The molecule has 2 N–H and O–H groups in total. The minimum Gasteiger partial charge on any atom is -0.366 e. The highest BCUT2D eigenvalue weighted by atomic mass is 35.5. The molecule has 1 amide bonds. The van der Waals surface area contributed by atoms with E-state index in [4.69, 9.17) is 27.9 Å². The molecule has 6 nitrogen and oxygen atoms in total. The lowest BCUT2D eigenvalue weighted by Crippen LogP contribution is -2.45. The maximum absolute atomic E-state index is 12.2. The fraction of sp³-hybridized carbons (Fsp3) is 0.333. The van der Waals surface area contributed by atoms with Crippen molar-refractivity contribution in [2.24, 2.45) is 0 Å². The number of aromatic nitrogens is 2. The van der Waals surface area contributed by atoms with Crippen LogP contribution >= 0.6 is 23.2 Å². The Morgan fingerprint density at radius 3 is 2.96 bits per heavy atom. The zero-order valence-corrected chi connectivity index (χ0v) is 14.0. The van der Waals surface area contributed by atoms with Crippen LogP contribution in [0.5, 0.6) is 0 Å². The summed E-state index contributed by atoms with van der Waals surface area (Å²) in [7, 11) is 0. The first-order valence-electron chi connectivity index (χ1n) is 7.20. The van der Waals surface area contributed by atoms with Crippen LogP contribution in [0.25, 0.3) is 5.69 Å². The molecule has 2 aromatic rings. The second kappa shape index (κ2) is 6.88. The van der Waals surface area contributed by atoms with E-state index in [0.717, 1.165) is 12.2 Å². The maximum atomic E-state index is 12.2. The molecular formula is C15H16Cl2N4O2. The first-order valence-corrected chi connectivity index (χ1v) is 7.95. The molecule has 1 atom stereocenters. The molecule has 1 aliphatic heterocycles. The topological polar surface area (TPSA) is 68.2 Å². The number of nitrogens with zero attached hydrogens (tertiary/aromatic N) is 2. The van der Waals surface area contributed by atoms with Crippen molar-refractivity contribution in [1.29, 1.82) is 0 Å². The second-order valence-electron chi connectivity index (χ2n) is 5.23. The van der Waals surface area contributed by atoms with Crippen molar-refractivity contribution >= 4 is 34.9 Å². The van der Waals surface area contributed by atoms with E-state index in [-0.39, 0.29) is 5.91 Å². The summed E-state index contributed by atoms with van der Waals surface area (Å²) in [6, 6.07) is 6.95. The fourth-order valence-corrected chi connectivity index (χ4v) is 2.86. The van der Waals surface area contributed by atoms with E-state index in [1.165, 1.54) is 0 Å². The van der Waals surface area contributed by atoms with Gasteiger partial charge in [-0.3, -0.25) is 4.79 Å². The number of hydrogen-bond acceptors (Lipinski definition) is 4. The lowest BCUT2D eigenvalue weighted by Gasteiger charge is -2.22. The average Bonchev–Trinajstić information content (AvgIpc) is 2.88. The summed E-state index contributed by atoms with van der Waals surface area (Å²) in [5.74, 6) is 0.233. The van der Waals surface area contributed by atoms with Crippen LogP contribution in [0.2, 0.25) is 10.0 Å². The molecule has 0 saturated carbocycles. The van der Waals surface area contributed by atoms with Crippen LogP contribution in [0.4, 0.5) is 5.82 Å². The third-order valence-corrected chi connectivity index (χ3v) is 4.03. The molecule has 122 valence electrons. The number of hydrogen-bond donors (Lipinski definition) is 2. The molecule has 2 heterocycles. The molecule has 8 heteroatoms. The van der Waals surface area contributed by atoms with E-state index in [9.17, 15) is 4.79 Å². The monoisotopic (exact) mass is 354 g/mol. The number of ether oxygens (including phenoxy) is 1. The lowest BCUT2D eigenvalue weighted by atomic mass is 10.3. The third kappa shape index (κ3) is 3.67. The highest BCUT2D eigenvalue weighted by Gasteiger charge is 2.22. The van der Waals surface area contributed by atoms with Crippen LogP contribution < -0.4 is 10.6 Å². The molecule has 1 aliphatic rings. The lowest BCUT2D eigenvalue weighted by molar-refractivity contribution is -0.128. The Bertz CT molecular complexity index is 726. The van der Waals surface area contributed by atoms with Gasteiger partial charge in [-0.1, -0.05) is 23.2 Å². The molecule has 0 unspecified atom stereocenters. The van der Waals surface area contributed by atoms with Crippen molar-refractivity contribution in [3.05, 3.63) is 40.0 Å². The molecule has 1 aromatic carbocycles.